The SMILES string of the molecule is Clc1ccc(CN2CCC(Cn3cnc4ccccc43)CC2)cc1. The fourth-order valence-electron chi connectivity index (χ4n) is 3.61. The van der Waals surface area contributed by atoms with Gasteiger partial charge in [-0.1, -0.05) is 35.9 Å². The van der Waals surface area contributed by atoms with E-state index in [1.807, 2.05) is 18.5 Å². The Hall–Kier alpha value is -1.84. The van der Waals surface area contributed by atoms with E-state index in [9.17, 15) is 0 Å². The highest BCUT2D eigenvalue weighted by Gasteiger charge is 2.20. The predicted molar refractivity (Wildman–Crippen MR) is 99.2 cm³/mol. The molecule has 2 aromatic carbocycles. The molecule has 4 rings (SSSR count). The lowest BCUT2D eigenvalue weighted by Crippen LogP contribution is -2.34. The van der Waals surface area contributed by atoms with Crippen molar-refractivity contribution in [3.05, 3.63) is 65.4 Å². The molecule has 1 aliphatic rings. The van der Waals surface area contributed by atoms with Gasteiger partial charge in [-0.05, 0) is 61.7 Å². The first-order valence-electron chi connectivity index (χ1n) is 8.64. The summed E-state index contributed by atoms with van der Waals surface area (Å²) in [5, 5.41) is 0.810. The van der Waals surface area contributed by atoms with Gasteiger partial charge in [0.25, 0.3) is 0 Å². The van der Waals surface area contributed by atoms with Crippen molar-refractivity contribution < 1.29 is 0 Å². The molecule has 0 bridgehead atoms. The first-order chi connectivity index (χ1) is 11.8. The zero-order valence-corrected chi connectivity index (χ0v) is 14.5. The Morgan fingerprint density at radius 2 is 1.75 bits per heavy atom. The second kappa shape index (κ2) is 6.96. The normalized spacial score (nSPS) is 16.7. The maximum Gasteiger partial charge on any atom is 0.0958 e. The van der Waals surface area contributed by atoms with Gasteiger partial charge >= 0.3 is 0 Å². The summed E-state index contributed by atoms with van der Waals surface area (Å²) in [6.07, 6.45) is 4.49. The Bertz CT molecular complexity index is 801. The number of piperidine rings is 1. The fraction of sp³-hybridized carbons (Fsp3) is 0.350. The molecule has 1 aliphatic heterocycles. The zero-order valence-electron chi connectivity index (χ0n) is 13.7. The van der Waals surface area contributed by atoms with Crippen LogP contribution < -0.4 is 0 Å². The van der Waals surface area contributed by atoms with Crippen molar-refractivity contribution >= 4 is 22.6 Å². The first-order valence-corrected chi connectivity index (χ1v) is 9.02. The maximum absolute atomic E-state index is 5.96. The van der Waals surface area contributed by atoms with Crippen LogP contribution in [0.1, 0.15) is 18.4 Å². The number of hydrogen-bond acceptors (Lipinski definition) is 2. The predicted octanol–water partition coefficient (Wildman–Crippen LogP) is 4.60. The van der Waals surface area contributed by atoms with Gasteiger partial charge in [0.1, 0.15) is 0 Å². The van der Waals surface area contributed by atoms with Crippen LogP contribution in [0.5, 0.6) is 0 Å². The second-order valence-electron chi connectivity index (χ2n) is 6.73. The standard InChI is InChI=1S/C20H22ClN3/c21-18-7-5-16(6-8-18)13-23-11-9-17(10-12-23)14-24-15-22-19-3-1-2-4-20(19)24/h1-8,15,17H,9-14H2. The molecule has 1 fully saturated rings. The molecule has 1 aromatic heterocycles. The molecule has 2 heterocycles. The smallest absolute Gasteiger partial charge is 0.0958 e. The van der Waals surface area contributed by atoms with Crippen LogP contribution in [-0.4, -0.2) is 27.5 Å². The first kappa shape index (κ1) is 15.7. The molecule has 0 amide bonds. The van der Waals surface area contributed by atoms with E-state index in [4.69, 9.17) is 11.6 Å². The van der Waals surface area contributed by atoms with E-state index in [1.54, 1.807) is 0 Å². The largest absolute Gasteiger partial charge is 0.330 e. The molecule has 3 nitrogen and oxygen atoms in total. The second-order valence-corrected chi connectivity index (χ2v) is 7.17. The number of para-hydroxylation sites is 2. The summed E-state index contributed by atoms with van der Waals surface area (Å²) >= 11 is 5.96. The van der Waals surface area contributed by atoms with Crippen LogP contribution in [0.3, 0.4) is 0 Å². The molecule has 0 unspecified atom stereocenters. The average Bonchev–Trinajstić information content (AvgIpc) is 3.02. The summed E-state index contributed by atoms with van der Waals surface area (Å²) in [7, 11) is 0. The number of fused-ring (bicyclic) bond motifs is 1. The quantitative estimate of drug-likeness (QED) is 0.692. The van der Waals surface area contributed by atoms with Crippen molar-refractivity contribution in [1.29, 1.82) is 0 Å². The Morgan fingerprint density at radius 1 is 1.00 bits per heavy atom. The van der Waals surface area contributed by atoms with Crippen LogP contribution in [0.25, 0.3) is 11.0 Å². The molecule has 0 N–H and O–H groups in total. The lowest BCUT2D eigenvalue weighted by molar-refractivity contribution is 0.168. The van der Waals surface area contributed by atoms with Gasteiger partial charge in [-0.15, -0.1) is 0 Å². The summed E-state index contributed by atoms with van der Waals surface area (Å²) in [6.45, 7) is 4.44. The number of halogens is 1. The Kier molecular flexibility index (Phi) is 4.54. The van der Waals surface area contributed by atoms with Crippen LogP contribution in [0.2, 0.25) is 5.02 Å². The highest BCUT2D eigenvalue weighted by Crippen LogP contribution is 2.23. The van der Waals surface area contributed by atoms with Crippen molar-refractivity contribution in [2.75, 3.05) is 13.1 Å². The molecule has 124 valence electrons. The van der Waals surface area contributed by atoms with E-state index in [0.29, 0.717) is 0 Å². The minimum Gasteiger partial charge on any atom is -0.330 e. The number of imidazole rings is 1. The van der Waals surface area contributed by atoms with Gasteiger partial charge in [-0.25, -0.2) is 4.98 Å². The lowest BCUT2D eigenvalue weighted by atomic mass is 9.96. The molecule has 0 spiro atoms. The minimum atomic E-state index is 0.740. The topological polar surface area (TPSA) is 21.1 Å². The zero-order chi connectivity index (χ0) is 16.4. The van der Waals surface area contributed by atoms with Gasteiger partial charge < -0.3 is 4.57 Å². The van der Waals surface area contributed by atoms with Crippen molar-refractivity contribution in [3.63, 3.8) is 0 Å². The molecular formula is C20H22ClN3. The van der Waals surface area contributed by atoms with Crippen molar-refractivity contribution in [3.8, 4) is 0 Å². The van der Waals surface area contributed by atoms with E-state index >= 15 is 0 Å². The van der Waals surface area contributed by atoms with Crippen LogP contribution in [0, 0.1) is 5.92 Å². The summed E-state index contributed by atoms with van der Waals surface area (Å²) in [5.74, 6) is 0.740. The number of benzene rings is 2. The van der Waals surface area contributed by atoms with Crippen LogP contribution >= 0.6 is 11.6 Å². The lowest BCUT2D eigenvalue weighted by Gasteiger charge is -2.32. The highest BCUT2D eigenvalue weighted by molar-refractivity contribution is 6.30. The Balaban J connectivity index is 1.33. The molecular weight excluding hydrogens is 318 g/mol. The number of likely N-dealkylation sites (tertiary alicyclic amines) is 1. The molecule has 0 radical (unpaired) electrons. The maximum atomic E-state index is 5.96. The van der Waals surface area contributed by atoms with Crippen LogP contribution in [0.4, 0.5) is 0 Å². The summed E-state index contributed by atoms with van der Waals surface area (Å²) in [4.78, 5) is 7.05. The molecule has 0 aliphatic carbocycles. The van der Waals surface area contributed by atoms with Gasteiger partial charge in [0.05, 0.1) is 17.4 Å². The van der Waals surface area contributed by atoms with E-state index in [0.717, 1.165) is 29.5 Å². The van der Waals surface area contributed by atoms with Crippen molar-refractivity contribution in [2.45, 2.75) is 25.9 Å². The molecule has 0 saturated carbocycles. The monoisotopic (exact) mass is 339 g/mol. The number of rotatable bonds is 4. The Labute approximate surface area is 147 Å². The Morgan fingerprint density at radius 3 is 2.54 bits per heavy atom. The van der Waals surface area contributed by atoms with Gasteiger partial charge in [0.15, 0.2) is 0 Å². The summed E-state index contributed by atoms with van der Waals surface area (Å²) in [5.41, 5.74) is 3.69. The van der Waals surface area contributed by atoms with Crippen LogP contribution in [-0.2, 0) is 13.1 Å². The molecule has 1 saturated heterocycles. The third kappa shape index (κ3) is 3.47. The molecule has 0 atom stereocenters. The average molecular weight is 340 g/mol. The number of aromatic nitrogens is 2. The minimum absolute atomic E-state index is 0.740. The van der Waals surface area contributed by atoms with Gasteiger partial charge in [-0.3, -0.25) is 4.90 Å². The van der Waals surface area contributed by atoms with E-state index in [1.165, 1.54) is 37.0 Å². The van der Waals surface area contributed by atoms with E-state index in [-0.39, 0.29) is 0 Å². The number of hydrogen-bond donors (Lipinski definition) is 0. The van der Waals surface area contributed by atoms with E-state index < -0.39 is 0 Å². The summed E-state index contributed by atoms with van der Waals surface area (Å²) < 4.78 is 2.31. The van der Waals surface area contributed by atoms with Gasteiger partial charge in [-0.2, -0.15) is 0 Å². The van der Waals surface area contributed by atoms with Gasteiger partial charge in [0.2, 0.25) is 0 Å². The highest BCUT2D eigenvalue weighted by atomic mass is 35.5. The molecule has 24 heavy (non-hydrogen) atoms. The van der Waals surface area contributed by atoms with Crippen LogP contribution in [0.15, 0.2) is 54.9 Å². The third-order valence-electron chi connectivity index (χ3n) is 5.01. The third-order valence-corrected chi connectivity index (χ3v) is 5.26. The van der Waals surface area contributed by atoms with Crippen molar-refractivity contribution in [1.82, 2.24) is 14.5 Å². The van der Waals surface area contributed by atoms with E-state index in [2.05, 4.69) is 50.8 Å². The number of nitrogens with zero attached hydrogens (tertiary/aromatic N) is 3. The fourth-order valence-corrected chi connectivity index (χ4v) is 3.74. The summed E-state index contributed by atoms with van der Waals surface area (Å²) in [6, 6.07) is 16.6. The molecule has 3 aromatic rings. The van der Waals surface area contributed by atoms with Crippen molar-refractivity contribution in [2.24, 2.45) is 5.92 Å². The molecule has 4 heteroatoms. The van der Waals surface area contributed by atoms with Gasteiger partial charge in [0, 0.05) is 18.1 Å².